The number of carbonyl (C=O) groups is 1. The summed E-state index contributed by atoms with van der Waals surface area (Å²) in [6.45, 7) is 2.89. The molecule has 0 spiro atoms. The normalized spacial score (nSPS) is 30.4. The average molecular weight is 178 g/mol. The lowest BCUT2D eigenvalue weighted by Gasteiger charge is -2.12. The van der Waals surface area contributed by atoms with Crippen LogP contribution in [0, 0.1) is 0 Å². The highest BCUT2D eigenvalue weighted by atomic mass is 35.5. The highest BCUT2D eigenvalue weighted by molar-refractivity contribution is 6.21. The molecule has 0 aromatic heterocycles. The van der Waals surface area contributed by atoms with Crippen LogP contribution in [0.15, 0.2) is 0 Å². The topological polar surface area (TPSA) is 38.3 Å². The van der Waals surface area contributed by atoms with Crippen LogP contribution in [-0.4, -0.2) is 30.5 Å². The molecule has 1 amide bonds. The Labute approximate surface area is 71.1 Å². The van der Waals surface area contributed by atoms with Crippen LogP contribution in [0.25, 0.3) is 0 Å². The Balaban J connectivity index is 2.30. The quantitative estimate of drug-likeness (QED) is 0.625. The number of nitrogens with one attached hydrogen (secondary N) is 1. The second-order valence-electron chi connectivity index (χ2n) is 2.58. The van der Waals surface area contributed by atoms with Crippen molar-refractivity contribution in [1.82, 2.24) is 5.32 Å². The lowest BCUT2D eigenvalue weighted by molar-refractivity contribution is -0.121. The molecule has 11 heavy (non-hydrogen) atoms. The second kappa shape index (κ2) is 3.93. The van der Waals surface area contributed by atoms with Crippen molar-refractivity contribution in [2.75, 3.05) is 13.2 Å². The molecule has 1 saturated heterocycles. The van der Waals surface area contributed by atoms with Crippen molar-refractivity contribution in [3.8, 4) is 0 Å². The number of rotatable bonds is 2. The van der Waals surface area contributed by atoms with Crippen molar-refractivity contribution in [2.45, 2.75) is 24.8 Å². The van der Waals surface area contributed by atoms with Crippen LogP contribution < -0.4 is 5.32 Å². The Morgan fingerprint density at radius 1 is 1.73 bits per heavy atom. The average Bonchev–Trinajstić information content (AvgIpc) is 2.37. The van der Waals surface area contributed by atoms with E-state index in [4.69, 9.17) is 16.3 Å². The van der Waals surface area contributed by atoms with Gasteiger partial charge in [-0.3, -0.25) is 4.79 Å². The van der Waals surface area contributed by atoms with Crippen LogP contribution in [0.5, 0.6) is 0 Å². The molecule has 0 radical (unpaired) electrons. The second-order valence-corrected chi connectivity index (χ2v) is 3.14. The Bertz CT molecular complexity index is 151. The van der Waals surface area contributed by atoms with E-state index in [1.807, 2.05) is 6.92 Å². The van der Waals surface area contributed by atoms with Crippen LogP contribution in [0.2, 0.25) is 0 Å². The van der Waals surface area contributed by atoms with Crippen LogP contribution in [0.3, 0.4) is 0 Å². The first kappa shape index (κ1) is 8.81. The lowest BCUT2D eigenvalue weighted by Crippen LogP contribution is -2.40. The maximum Gasteiger partial charge on any atom is 0.220 e. The molecule has 1 aliphatic rings. The molecule has 2 atom stereocenters. The van der Waals surface area contributed by atoms with Crippen molar-refractivity contribution in [3.05, 3.63) is 0 Å². The van der Waals surface area contributed by atoms with Crippen molar-refractivity contribution in [3.63, 3.8) is 0 Å². The molecule has 64 valence electrons. The molecule has 1 aliphatic heterocycles. The third-order valence-electron chi connectivity index (χ3n) is 1.68. The van der Waals surface area contributed by atoms with Gasteiger partial charge in [-0.25, -0.2) is 0 Å². The Morgan fingerprint density at radius 3 is 2.91 bits per heavy atom. The molecular formula is C7H12ClNO2. The first-order valence-corrected chi connectivity index (χ1v) is 4.19. The predicted molar refractivity (Wildman–Crippen MR) is 42.7 cm³/mol. The van der Waals surface area contributed by atoms with Gasteiger partial charge < -0.3 is 10.1 Å². The SMILES string of the molecule is CCC(=O)NC1COCC1Cl. The number of ether oxygens (including phenoxy) is 1. The molecule has 0 bridgehead atoms. The molecular weight excluding hydrogens is 166 g/mol. The third-order valence-corrected chi connectivity index (χ3v) is 2.11. The van der Waals surface area contributed by atoms with Crippen molar-refractivity contribution >= 4 is 17.5 Å². The summed E-state index contributed by atoms with van der Waals surface area (Å²) in [5, 5.41) is 2.72. The van der Waals surface area contributed by atoms with Gasteiger partial charge in [0.05, 0.1) is 24.6 Å². The lowest BCUT2D eigenvalue weighted by atomic mass is 10.2. The van der Waals surface area contributed by atoms with Gasteiger partial charge in [0, 0.05) is 6.42 Å². The van der Waals surface area contributed by atoms with Gasteiger partial charge >= 0.3 is 0 Å². The number of carbonyl (C=O) groups excluding carboxylic acids is 1. The van der Waals surface area contributed by atoms with Crippen molar-refractivity contribution < 1.29 is 9.53 Å². The van der Waals surface area contributed by atoms with E-state index in [0.29, 0.717) is 19.6 Å². The number of hydrogen-bond donors (Lipinski definition) is 1. The van der Waals surface area contributed by atoms with E-state index in [0.717, 1.165) is 0 Å². The molecule has 0 aromatic carbocycles. The van der Waals surface area contributed by atoms with E-state index in [-0.39, 0.29) is 17.3 Å². The van der Waals surface area contributed by atoms with Gasteiger partial charge in [0.25, 0.3) is 0 Å². The molecule has 0 aliphatic carbocycles. The van der Waals surface area contributed by atoms with Gasteiger partial charge in [-0.15, -0.1) is 11.6 Å². The summed E-state index contributed by atoms with van der Waals surface area (Å²) in [5.74, 6) is 0.0335. The smallest absolute Gasteiger partial charge is 0.220 e. The Morgan fingerprint density at radius 2 is 2.45 bits per heavy atom. The van der Waals surface area contributed by atoms with Crippen LogP contribution >= 0.6 is 11.6 Å². The van der Waals surface area contributed by atoms with Crippen molar-refractivity contribution in [1.29, 1.82) is 0 Å². The first-order chi connectivity index (χ1) is 5.24. The zero-order chi connectivity index (χ0) is 8.27. The van der Waals surface area contributed by atoms with E-state index >= 15 is 0 Å². The third kappa shape index (κ3) is 2.34. The van der Waals surface area contributed by atoms with Gasteiger partial charge in [0.15, 0.2) is 0 Å². The maximum atomic E-state index is 10.9. The molecule has 1 N–H and O–H groups in total. The molecule has 2 unspecified atom stereocenters. The molecule has 1 rings (SSSR count). The molecule has 4 heteroatoms. The van der Waals surface area contributed by atoms with E-state index in [1.165, 1.54) is 0 Å². The number of alkyl halides is 1. The van der Waals surface area contributed by atoms with Gasteiger partial charge in [-0.05, 0) is 0 Å². The fourth-order valence-corrected chi connectivity index (χ4v) is 1.19. The summed E-state index contributed by atoms with van der Waals surface area (Å²) in [6, 6.07) is 0.00381. The zero-order valence-electron chi connectivity index (χ0n) is 6.47. The molecule has 0 saturated carbocycles. The zero-order valence-corrected chi connectivity index (χ0v) is 7.23. The molecule has 0 aromatic rings. The fraction of sp³-hybridized carbons (Fsp3) is 0.857. The molecule has 1 heterocycles. The molecule has 1 fully saturated rings. The largest absolute Gasteiger partial charge is 0.378 e. The Kier molecular flexibility index (Phi) is 3.15. The minimum absolute atomic E-state index is 0.00381. The van der Waals surface area contributed by atoms with E-state index in [1.54, 1.807) is 0 Å². The number of amides is 1. The van der Waals surface area contributed by atoms with Gasteiger partial charge in [0.2, 0.25) is 5.91 Å². The number of halogens is 1. The summed E-state index contributed by atoms with van der Waals surface area (Å²) >= 11 is 5.84. The maximum absolute atomic E-state index is 10.9. The fourth-order valence-electron chi connectivity index (χ4n) is 0.969. The van der Waals surface area contributed by atoms with Gasteiger partial charge in [-0.2, -0.15) is 0 Å². The van der Waals surface area contributed by atoms with Crippen LogP contribution in [-0.2, 0) is 9.53 Å². The Hall–Kier alpha value is -0.280. The highest BCUT2D eigenvalue weighted by Gasteiger charge is 2.26. The van der Waals surface area contributed by atoms with Crippen LogP contribution in [0.1, 0.15) is 13.3 Å². The monoisotopic (exact) mass is 177 g/mol. The van der Waals surface area contributed by atoms with Crippen LogP contribution in [0.4, 0.5) is 0 Å². The van der Waals surface area contributed by atoms with E-state index in [9.17, 15) is 4.79 Å². The summed E-state index contributed by atoms with van der Waals surface area (Å²) in [6.07, 6.45) is 0.500. The van der Waals surface area contributed by atoms with Crippen molar-refractivity contribution in [2.24, 2.45) is 0 Å². The minimum Gasteiger partial charge on any atom is -0.378 e. The predicted octanol–water partition coefficient (Wildman–Crippen LogP) is 0.519. The minimum atomic E-state index is -0.0644. The van der Waals surface area contributed by atoms with E-state index in [2.05, 4.69) is 5.32 Å². The summed E-state index contributed by atoms with van der Waals surface area (Å²) < 4.78 is 5.07. The summed E-state index contributed by atoms with van der Waals surface area (Å²) in [7, 11) is 0. The standard InChI is InChI=1S/C7H12ClNO2/c1-2-7(10)9-6-4-11-3-5(6)8/h5-6H,2-4H2,1H3,(H,9,10). The first-order valence-electron chi connectivity index (χ1n) is 3.75. The number of hydrogen-bond acceptors (Lipinski definition) is 2. The summed E-state index contributed by atoms with van der Waals surface area (Å²) in [4.78, 5) is 10.9. The van der Waals surface area contributed by atoms with E-state index < -0.39 is 0 Å². The van der Waals surface area contributed by atoms with Gasteiger partial charge in [0.1, 0.15) is 0 Å². The molecule has 3 nitrogen and oxygen atoms in total. The summed E-state index contributed by atoms with van der Waals surface area (Å²) in [5.41, 5.74) is 0. The highest BCUT2D eigenvalue weighted by Crippen LogP contribution is 2.11. The van der Waals surface area contributed by atoms with Gasteiger partial charge in [-0.1, -0.05) is 6.92 Å².